The summed E-state index contributed by atoms with van der Waals surface area (Å²) in [6.07, 6.45) is 2.75. The molecule has 102 valence electrons. The Morgan fingerprint density at radius 3 is 2.39 bits per heavy atom. The Labute approximate surface area is 109 Å². The van der Waals surface area contributed by atoms with E-state index in [1.165, 1.54) is 0 Å². The first-order valence-corrected chi connectivity index (χ1v) is 6.62. The summed E-state index contributed by atoms with van der Waals surface area (Å²) in [5, 5.41) is 6.56. The Bertz CT molecular complexity index is 355. The molecule has 0 aliphatic carbocycles. The van der Waals surface area contributed by atoms with Crippen LogP contribution in [-0.2, 0) is 11.2 Å². The maximum atomic E-state index is 5.49. The van der Waals surface area contributed by atoms with Crippen molar-refractivity contribution >= 4 is 11.6 Å². The molecule has 5 heteroatoms. The second kappa shape index (κ2) is 7.87. The van der Waals surface area contributed by atoms with Crippen LogP contribution in [0.15, 0.2) is 6.33 Å². The number of hydrogen-bond acceptors (Lipinski definition) is 5. The van der Waals surface area contributed by atoms with Crippen LogP contribution in [0.5, 0.6) is 0 Å². The van der Waals surface area contributed by atoms with Crippen molar-refractivity contribution in [2.24, 2.45) is 0 Å². The average molecular weight is 252 g/mol. The van der Waals surface area contributed by atoms with E-state index in [2.05, 4.69) is 34.4 Å². The summed E-state index contributed by atoms with van der Waals surface area (Å²) in [7, 11) is 0. The molecule has 0 unspecified atom stereocenters. The van der Waals surface area contributed by atoms with Crippen molar-refractivity contribution in [3.05, 3.63) is 11.9 Å². The molecule has 1 heterocycles. The monoisotopic (exact) mass is 252 g/mol. The third kappa shape index (κ3) is 4.49. The van der Waals surface area contributed by atoms with Gasteiger partial charge in [0.05, 0.1) is 12.7 Å². The molecule has 2 N–H and O–H groups in total. The van der Waals surface area contributed by atoms with Gasteiger partial charge in [0.2, 0.25) is 0 Å². The lowest BCUT2D eigenvalue weighted by Crippen LogP contribution is -2.16. The Kier molecular flexibility index (Phi) is 6.43. The molecular formula is C13H24N4O. The molecule has 18 heavy (non-hydrogen) atoms. The summed E-state index contributed by atoms with van der Waals surface area (Å²) in [6.45, 7) is 10.5. The molecule has 0 aliphatic heterocycles. The Morgan fingerprint density at radius 2 is 1.83 bits per heavy atom. The van der Waals surface area contributed by atoms with Crippen LogP contribution >= 0.6 is 0 Å². The minimum absolute atomic E-state index is 0.264. The van der Waals surface area contributed by atoms with Gasteiger partial charge in [-0.25, -0.2) is 9.97 Å². The van der Waals surface area contributed by atoms with Crippen molar-refractivity contribution in [1.29, 1.82) is 0 Å². The van der Waals surface area contributed by atoms with Gasteiger partial charge in [-0.05, 0) is 27.2 Å². The van der Waals surface area contributed by atoms with Crippen LogP contribution in [0.4, 0.5) is 11.6 Å². The van der Waals surface area contributed by atoms with Crippen LogP contribution in [-0.4, -0.2) is 35.8 Å². The van der Waals surface area contributed by atoms with Gasteiger partial charge in [-0.15, -0.1) is 0 Å². The van der Waals surface area contributed by atoms with Crippen molar-refractivity contribution < 1.29 is 4.74 Å². The molecule has 0 bridgehead atoms. The predicted octanol–water partition coefficient (Wildman–Crippen LogP) is 2.31. The third-order valence-electron chi connectivity index (χ3n) is 2.49. The number of nitrogens with one attached hydrogen (secondary N) is 2. The zero-order valence-corrected chi connectivity index (χ0v) is 11.8. The maximum Gasteiger partial charge on any atom is 0.134 e. The van der Waals surface area contributed by atoms with Gasteiger partial charge in [0.1, 0.15) is 18.0 Å². The number of anilines is 2. The van der Waals surface area contributed by atoms with Crippen LogP contribution in [0.1, 0.15) is 33.3 Å². The predicted molar refractivity (Wildman–Crippen MR) is 75.2 cm³/mol. The molecule has 0 spiro atoms. The van der Waals surface area contributed by atoms with Crippen LogP contribution in [0.25, 0.3) is 0 Å². The van der Waals surface area contributed by atoms with Crippen LogP contribution in [0.3, 0.4) is 0 Å². The van der Waals surface area contributed by atoms with Gasteiger partial charge < -0.3 is 15.4 Å². The molecule has 1 rings (SSSR count). The first-order chi connectivity index (χ1) is 8.69. The minimum Gasteiger partial charge on any atom is -0.377 e. The van der Waals surface area contributed by atoms with Gasteiger partial charge in [-0.1, -0.05) is 6.92 Å². The molecule has 0 radical (unpaired) electrons. The highest BCUT2D eigenvalue weighted by Gasteiger charge is 2.08. The quantitative estimate of drug-likeness (QED) is 0.695. The molecule has 1 aromatic rings. The Morgan fingerprint density at radius 1 is 1.17 bits per heavy atom. The standard InChI is InChI=1S/C13H24N4O/c1-5-11-12(14-6-2)16-9-17-13(11)15-7-8-18-10(3)4/h9-10H,5-8H2,1-4H3,(H2,14,15,16,17). The molecule has 0 saturated carbocycles. The van der Waals surface area contributed by atoms with E-state index >= 15 is 0 Å². The molecule has 0 fully saturated rings. The van der Waals surface area contributed by atoms with Crippen LogP contribution < -0.4 is 10.6 Å². The number of rotatable bonds is 8. The summed E-state index contributed by atoms with van der Waals surface area (Å²) in [4.78, 5) is 8.55. The normalized spacial score (nSPS) is 10.7. The van der Waals surface area contributed by atoms with Gasteiger partial charge in [-0.3, -0.25) is 0 Å². The molecule has 0 saturated heterocycles. The van der Waals surface area contributed by atoms with E-state index in [-0.39, 0.29) is 6.10 Å². The first-order valence-electron chi connectivity index (χ1n) is 6.62. The fraction of sp³-hybridized carbons (Fsp3) is 0.692. The highest BCUT2D eigenvalue weighted by Crippen LogP contribution is 2.19. The van der Waals surface area contributed by atoms with Gasteiger partial charge >= 0.3 is 0 Å². The van der Waals surface area contributed by atoms with Gasteiger partial charge in [-0.2, -0.15) is 0 Å². The Hall–Kier alpha value is -1.36. The lowest BCUT2D eigenvalue weighted by molar-refractivity contribution is 0.0870. The van der Waals surface area contributed by atoms with Crippen LogP contribution in [0.2, 0.25) is 0 Å². The number of ether oxygens (including phenoxy) is 1. The van der Waals surface area contributed by atoms with Crippen molar-refractivity contribution in [2.75, 3.05) is 30.3 Å². The molecule has 0 aliphatic rings. The molecular weight excluding hydrogens is 228 g/mol. The molecule has 0 aromatic carbocycles. The van der Waals surface area contributed by atoms with E-state index < -0.39 is 0 Å². The lowest BCUT2D eigenvalue weighted by Gasteiger charge is -2.14. The minimum atomic E-state index is 0.264. The summed E-state index contributed by atoms with van der Waals surface area (Å²) in [5.74, 6) is 1.82. The smallest absolute Gasteiger partial charge is 0.134 e. The SMILES string of the molecule is CCNc1ncnc(NCCOC(C)C)c1CC. The zero-order valence-electron chi connectivity index (χ0n) is 11.8. The molecule has 0 atom stereocenters. The number of aromatic nitrogens is 2. The van der Waals surface area contributed by atoms with Crippen molar-refractivity contribution in [1.82, 2.24) is 9.97 Å². The van der Waals surface area contributed by atoms with E-state index in [0.717, 1.165) is 36.7 Å². The highest BCUT2D eigenvalue weighted by molar-refractivity contribution is 5.57. The fourth-order valence-corrected chi connectivity index (χ4v) is 1.68. The largest absolute Gasteiger partial charge is 0.377 e. The second-order valence-corrected chi connectivity index (χ2v) is 4.28. The van der Waals surface area contributed by atoms with E-state index in [1.807, 2.05) is 13.8 Å². The van der Waals surface area contributed by atoms with Crippen molar-refractivity contribution in [3.63, 3.8) is 0 Å². The summed E-state index contributed by atoms with van der Waals surface area (Å²) in [5.41, 5.74) is 1.13. The first kappa shape index (κ1) is 14.7. The molecule has 1 aromatic heterocycles. The van der Waals surface area contributed by atoms with E-state index in [1.54, 1.807) is 6.33 Å². The zero-order chi connectivity index (χ0) is 13.4. The summed E-state index contributed by atoms with van der Waals surface area (Å²) >= 11 is 0. The van der Waals surface area contributed by atoms with Gasteiger partial charge in [0.15, 0.2) is 0 Å². The van der Waals surface area contributed by atoms with Crippen molar-refractivity contribution in [3.8, 4) is 0 Å². The third-order valence-corrected chi connectivity index (χ3v) is 2.49. The Balaban J connectivity index is 2.61. The fourth-order valence-electron chi connectivity index (χ4n) is 1.68. The van der Waals surface area contributed by atoms with E-state index in [4.69, 9.17) is 4.74 Å². The van der Waals surface area contributed by atoms with Crippen molar-refractivity contribution in [2.45, 2.75) is 40.2 Å². The lowest BCUT2D eigenvalue weighted by atomic mass is 10.2. The topological polar surface area (TPSA) is 59.1 Å². The molecule has 0 amide bonds. The number of nitrogens with zero attached hydrogens (tertiary/aromatic N) is 2. The molecule has 5 nitrogen and oxygen atoms in total. The average Bonchev–Trinajstić information content (AvgIpc) is 2.35. The second-order valence-electron chi connectivity index (χ2n) is 4.28. The van der Waals surface area contributed by atoms with Gasteiger partial charge in [0, 0.05) is 18.7 Å². The highest BCUT2D eigenvalue weighted by atomic mass is 16.5. The summed E-state index contributed by atoms with van der Waals surface area (Å²) < 4.78 is 5.49. The number of hydrogen-bond donors (Lipinski definition) is 2. The van der Waals surface area contributed by atoms with E-state index in [0.29, 0.717) is 6.61 Å². The van der Waals surface area contributed by atoms with Gasteiger partial charge in [0.25, 0.3) is 0 Å². The van der Waals surface area contributed by atoms with Crippen LogP contribution in [0, 0.1) is 0 Å². The summed E-state index contributed by atoms with van der Waals surface area (Å²) in [6, 6.07) is 0. The maximum absolute atomic E-state index is 5.49. The van der Waals surface area contributed by atoms with E-state index in [9.17, 15) is 0 Å².